The second-order valence-corrected chi connectivity index (χ2v) is 5.36. The monoisotopic (exact) mass is 241 g/mol. The number of ether oxygens (including phenoxy) is 1. The van der Waals surface area contributed by atoms with Crippen LogP contribution in [0.2, 0.25) is 0 Å². The standard InChI is InChI=1S/C13H27N3O/c1-17-11-13(10-14)16-8-6-15(7-9-16)12-4-2-3-5-12/h12-13H,2-11,14H2,1H3. The molecule has 1 unspecified atom stereocenters. The number of rotatable bonds is 5. The van der Waals surface area contributed by atoms with Crippen molar-refractivity contribution in [2.45, 2.75) is 37.8 Å². The smallest absolute Gasteiger partial charge is 0.0630 e. The zero-order valence-electron chi connectivity index (χ0n) is 11.1. The highest BCUT2D eigenvalue weighted by atomic mass is 16.5. The van der Waals surface area contributed by atoms with E-state index in [1.165, 1.54) is 38.8 Å². The van der Waals surface area contributed by atoms with Crippen LogP contribution in [0, 0.1) is 0 Å². The molecular weight excluding hydrogens is 214 g/mol. The molecule has 0 aromatic carbocycles. The van der Waals surface area contributed by atoms with E-state index in [2.05, 4.69) is 9.80 Å². The number of piperazine rings is 1. The Balaban J connectivity index is 1.76. The predicted octanol–water partition coefficient (Wildman–Crippen LogP) is 0.520. The van der Waals surface area contributed by atoms with Crippen LogP contribution in [0.15, 0.2) is 0 Å². The van der Waals surface area contributed by atoms with Gasteiger partial charge in [-0.3, -0.25) is 9.80 Å². The normalized spacial score (nSPS) is 26.5. The molecule has 0 bridgehead atoms. The topological polar surface area (TPSA) is 41.7 Å². The third-order valence-electron chi connectivity index (χ3n) is 4.34. The van der Waals surface area contributed by atoms with E-state index in [1.54, 1.807) is 7.11 Å². The zero-order valence-corrected chi connectivity index (χ0v) is 11.1. The Hall–Kier alpha value is -0.160. The van der Waals surface area contributed by atoms with Crippen molar-refractivity contribution >= 4 is 0 Å². The molecule has 1 aliphatic heterocycles. The molecule has 2 aliphatic rings. The van der Waals surface area contributed by atoms with Crippen molar-refractivity contribution in [2.75, 3.05) is 46.4 Å². The SMILES string of the molecule is COCC(CN)N1CCN(C2CCCC2)CC1. The molecule has 0 amide bonds. The van der Waals surface area contributed by atoms with Gasteiger partial charge in [-0.2, -0.15) is 0 Å². The van der Waals surface area contributed by atoms with E-state index in [-0.39, 0.29) is 0 Å². The fraction of sp³-hybridized carbons (Fsp3) is 1.00. The van der Waals surface area contributed by atoms with Gasteiger partial charge in [-0.05, 0) is 12.8 Å². The minimum atomic E-state index is 0.408. The molecule has 0 radical (unpaired) electrons. The largest absolute Gasteiger partial charge is 0.383 e. The van der Waals surface area contributed by atoms with Crippen molar-refractivity contribution in [3.05, 3.63) is 0 Å². The highest BCUT2D eigenvalue weighted by molar-refractivity contribution is 4.84. The van der Waals surface area contributed by atoms with Crippen LogP contribution in [-0.4, -0.2) is 68.3 Å². The summed E-state index contributed by atoms with van der Waals surface area (Å²) >= 11 is 0. The summed E-state index contributed by atoms with van der Waals surface area (Å²) in [6.45, 7) is 6.20. The molecule has 2 N–H and O–H groups in total. The molecule has 1 saturated heterocycles. The first-order valence-electron chi connectivity index (χ1n) is 7.02. The quantitative estimate of drug-likeness (QED) is 0.762. The van der Waals surface area contributed by atoms with Gasteiger partial charge in [0.25, 0.3) is 0 Å². The molecule has 1 saturated carbocycles. The van der Waals surface area contributed by atoms with Crippen molar-refractivity contribution in [3.8, 4) is 0 Å². The molecule has 1 aliphatic carbocycles. The maximum Gasteiger partial charge on any atom is 0.0630 e. The first-order chi connectivity index (χ1) is 8.35. The first-order valence-corrected chi connectivity index (χ1v) is 7.02. The number of methoxy groups -OCH3 is 1. The molecule has 100 valence electrons. The average Bonchev–Trinajstić information content (AvgIpc) is 2.90. The van der Waals surface area contributed by atoms with Gasteiger partial charge in [0.1, 0.15) is 0 Å². The van der Waals surface area contributed by atoms with Crippen LogP contribution in [0.3, 0.4) is 0 Å². The Morgan fingerprint density at radius 3 is 2.35 bits per heavy atom. The summed E-state index contributed by atoms with van der Waals surface area (Å²) in [4.78, 5) is 5.18. The molecular formula is C13H27N3O. The lowest BCUT2D eigenvalue weighted by atomic mass is 10.1. The van der Waals surface area contributed by atoms with E-state index < -0.39 is 0 Å². The maximum atomic E-state index is 5.81. The Morgan fingerprint density at radius 2 is 1.82 bits per heavy atom. The summed E-state index contributed by atoms with van der Waals surface area (Å²) in [7, 11) is 1.76. The summed E-state index contributed by atoms with van der Waals surface area (Å²) in [5.41, 5.74) is 5.81. The van der Waals surface area contributed by atoms with E-state index in [4.69, 9.17) is 10.5 Å². The number of hydrogen-bond acceptors (Lipinski definition) is 4. The summed E-state index contributed by atoms with van der Waals surface area (Å²) in [6, 6.07) is 1.28. The molecule has 4 nitrogen and oxygen atoms in total. The third kappa shape index (κ3) is 3.41. The molecule has 2 fully saturated rings. The fourth-order valence-electron chi connectivity index (χ4n) is 3.25. The van der Waals surface area contributed by atoms with Crippen LogP contribution < -0.4 is 5.73 Å². The summed E-state index contributed by atoms with van der Waals surface area (Å²) < 4.78 is 5.24. The van der Waals surface area contributed by atoms with Gasteiger partial charge in [0.2, 0.25) is 0 Å². The van der Waals surface area contributed by atoms with Crippen molar-refractivity contribution in [1.82, 2.24) is 9.80 Å². The van der Waals surface area contributed by atoms with Crippen molar-refractivity contribution in [3.63, 3.8) is 0 Å². The molecule has 1 atom stereocenters. The average molecular weight is 241 g/mol. The van der Waals surface area contributed by atoms with Crippen molar-refractivity contribution in [2.24, 2.45) is 5.73 Å². The Kier molecular flexibility index (Phi) is 5.22. The van der Waals surface area contributed by atoms with Crippen LogP contribution in [-0.2, 0) is 4.74 Å². The molecule has 2 rings (SSSR count). The Labute approximate surface area is 105 Å². The van der Waals surface area contributed by atoms with Gasteiger partial charge < -0.3 is 10.5 Å². The highest BCUT2D eigenvalue weighted by Crippen LogP contribution is 2.24. The molecule has 1 heterocycles. The molecule has 0 aromatic heterocycles. The lowest BCUT2D eigenvalue weighted by Gasteiger charge is -2.41. The maximum absolute atomic E-state index is 5.81. The van der Waals surface area contributed by atoms with Gasteiger partial charge >= 0.3 is 0 Å². The lowest BCUT2D eigenvalue weighted by Crippen LogP contribution is -2.55. The Bertz CT molecular complexity index is 211. The van der Waals surface area contributed by atoms with Gasteiger partial charge in [-0.1, -0.05) is 12.8 Å². The number of nitrogens with two attached hydrogens (primary N) is 1. The lowest BCUT2D eigenvalue weighted by molar-refractivity contribution is 0.0394. The number of hydrogen-bond donors (Lipinski definition) is 1. The van der Waals surface area contributed by atoms with Gasteiger partial charge in [0.05, 0.1) is 6.61 Å². The summed E-state index contributed by atoms with van der Waals surface area (Å²) in [5.74, 6) is 0. The summed E-state index contributed by atoms with van der Waals surface area (Å²) in [6.07, 6.45) is 5.69. The Morgan fingerprint density at radius 1 is 1.18 bits per heavy atom. The van der Waals surface area contributed by atoms with Crippen molar-refractivity contribution < 1.29 is 4.74 Å². The molecule has 17 heavy (non-hydrogen) atoms. The number of nitrogens with zero attached hydrogens (tertiary/aromatic N) is 2. The second kappa shape index (κ2) is 6.69. The third-order valence-corrected chi connectivity index (χ3v) is 4.34. The fourth-order valence-corrected chi connectivity index (χ4v) is 3.25. The zero-order chi connectivity index (χ0) is 12.1. The van der Waals surface area contributed by atoms with E-state index in [1.807, 2.05) is 0 Å². The van der Waals surface area contributed by atoms with Crippen molar-refractivity contribution in [1.29, 1.82) is 0 Å². The van der Waals surface area contributed by atoms with Gasteiger partial charge in [0, 0.05) is 51.9 Å². The van der Waals surface area contributed by atoms with Crippen LogP contribution in [0.25, 0.3) is 0 Å². The predicted molar refractivity (Wildman–Crippen MR) is 70.1 cm³/mol. The highest BCUT2D eigenvalue weighted by Gasteiger charge is 2.28. The minimum Gasteiger partial charge on any atom is -0.383 e. The van der Waals surface area contributed by atoms with E-state index in [9.17, 15) is 0 Å². The van der Waals surface area contributed by atoms with Gasteiger partial charge in [-0.25, -0.2) is 0 Å². The molecule has 0 aromatic rings. The van der Waals surface area contributed by atoms with Crippen LogP contribution in [0.5, 0.6) is 0 Å². The van der Waals surface area contributed by atoms with Crippen LogP contribution in [0.4, 0.5) is 0 Å². The molecule has 4 heteroatoms. The second-order valence-electron chi connectivity index (χ2n) is 5.36. The van der Waals surface area contributed by atoms with E-state index >= 15 is 0 Å². The van der Waals surface area contributed by atoms with Crippen LogP contribution >= 0.6 is 0 Å². The first kappa shape index (κ1) is 13.3. The minimum absolute atomic E-state index is 0.408. The van der Waals surface area contributed by atoms with E-state index in [0.29, 0.717) is 12.6 Å². The molecule has 0 spiro atoms. The van der Waals surface area contributed by atoms with Crippen LogP contribution in [0.1, 0.15) is 25.7 Å². The van der Waals surface area contributed by atoms with Gasteiger partial charge in [-0.15, -0.1) is 0 Å². The van der Waals surface area contributed by atoms with Gasteiger partial charge in [0.15, 0.2) is 0 Å². The summed E-state index contributed by atoms with van der Waals surface area (Å²) in [5, 5.41) is 0. The van der Waals surface area contributed by atoms with E-state index in [0.717, 1.165) is 25.7 Å².